The Hall–Kier alpha value is -2.66. The van der Waals surface area contributed by atoms with Gasteiger partial charge in [0.25, 0.3) is 0 Å². The highest BCUT2D eigenvalue weighted by Crippen LogP contribution is 2.12. The molecule has 5 nitrogen and oxygen atoms in total. The standard InChI is InChI=1S/C25H34N2O3/c1-18(2)14-23(28)27-24(19(3)4)25(29)26-15-21-12-8-9-13-22(21)17-30-16-20-10-6-5-7-11-20/h5-13,18-19,24H,14-17H2,1-4H3,(H,26,29)(H,27,28). The van der Waals surface area contributed by atoms with E-state index in [1.54, 1.807) is 0 Å². The van der Waals surface area contributed by atoms with Crippen molar-refractivity contribution >= 4 is 11.8 Å². The van der Waals surface area contributed by atoms with Crippen molar-refractivity contribution in [2.24, 2.45) is 11.8 Å². The smallest absolute Gasteiger partial charge is 0.243 e. The molecule has 0 fully saturated rings. The van der Waals surface area contributed by atoms with Crippen LogP contribution in [0.25, 0.3) is 0 Å². The first-order valence-corrected chi connectivity index (χ1v) is 10.6. The van der Waals surface area contributed by atoms with E-state index < -0.39 is 6.04 Å². The maximum absolute atomic E-state index is 12.7. The first kappa shape index (κ1) is 23.6. The van der Waals surface area contributed by atoms with E-state index in [9.17, 15) is 9.59 Å². The number of hydrogen-bond donors (Lipinski definition) is 2. The van der Waals surface area contributed by atoms with Crippen molar-refractivity contribution in [2.45, 2.75) is 59.9 Å². The van der Waals surface area contributed by atoms with Gasteiger partial charge in [0, 0.05) is 13.0 Å². The van der Waals surface area contributed by atoms with Gasteiger partial charge in [-0.1, -0.05) is 82.3 Å². The Balaban J connectivity index is 1.92. The lowest BCUT2D eigenvalue weighted by molar-refractivity contribution is -0.130. The van der Waals surface area contributed by atoms with E-state index in [1.165, 1.54) is 0 Å². The van der Waals surface area contributed by atoms with E-state index in [-0.39, 0.29) is 23.7 Å². The molecule has 1 unspecified atom stereocenters. The van der Waals surface area contributed by atoms with E-state index in [0.717, 1.165) is 16.7 Å². The molecule has 0 heterocycles. The van der Waals surface area contributed by atoms with Crippen molar-refractivity contribution in [3.05, 3.63) is 71.3 Å². The summed E-state index contributed by atoms with van der Waals surface area (Å²) in [5.41, 5.74) is 3.17. The predicted molar refractivity (Wildman–Crippen MR) is 119 cm³/mol. The lowest BCUT2D eigenvalue weighted by atomic mass is 10.0. The number of ether oxygens (including phenoxy) is 1. The molecule has 0 bridgehead atoms. The molecule has 0 radical (unpaired) electrons. The second-order valence-corrected chi connectivity index (χ2v) is 8.35. The van der Waals surface area contributed by atoms with Crippen molar-refractivity contribution < 1.29 is 14.3 Å². The summed E-state index contributed by atoms with van der Waals surface area (Å²) >= 11 is 0. The fraction of sp³-hybridized carbons (Fsp3) is 0.440. The molecule has 0 aliphatic rings. The Morgan fingerprint density at radius 2 is 1.50 bits per heavy atom. The van der Waals surface area contributed by atoms with Crippen LogP contribution in [0.15, 0.2) is 54.6 Å². The molecule has 2 N–H and O–H groups in total. The van der Waals surface area contributed by atoms with Crippen LogP contribution in [0, 0.1) is 11.8 Å². The number of hydrogen-bond acceptors (Lipinski definition) is 3. The number of rotatable bonds is 11. The van der Waals surface area contributed by atoms with Gasteiger partial charge in [-0.15, -0.1) is 0 Å². The Morgan fingerprint density at radius 1 is 0.867 bits per heavy atom. The van der Waals surface area contributed by atoms with Crippen LogP contribution in [-0.4, -0.2) is 17.9 Å². The van der Waals surface area contributed by atoms with Gasteiger partial charge in [0.15, 0.2) is 0 Å². The highest BCUT2D eigenvalue weighted by molar-refractivity contribution is 5.87. The first-order valence-electron chi connectivity index (χ1n) is 10.6. The van der Waals surface area contributed by atoms with Crippen molar-refractivity contribution in [3.8, 4) is 0 Å². The largest absolute Gasteiger partial charge is 0.372 e. The van der Waals surface area contributed by atoms with Gasteiger partial charge < -0.3 is 15.4 Å². The fourth-order valence-corrected chi connectivity index (χ4v) is 3.15. The van der Waals surface area contributed by atoms with Gasteiger partial charge in [-0.3, -0.25) is 9.59 Å². The van der Waals surface area contributed by atoms with Crippen molar-refractivity contribution in [1.29, 1.82) is 0 Å². The van der Waals surface area contributed by atoms with Crippen LogP contribution < -0.4 is 10.6 Å². The Labute approximate surface area is 180 Å². The monoisotopic (exact) mass is 410 g/mol. The zero-order valence-electron chi connectivity index (χ0n) is 18.5. The maximum atomic E-state index is 12.7. The van der Waals surface area contributed by atoms with E-state index in [0.29, 0.717) is 26.2 Å². The second-order valence-electron chi connectivity index (χ2n) is 8.35. The quantitative estimate of drug-likeness (QED) is 0.583. The van der Waals surface area contributed by atoms with Gasteiger partial charge >= 0.3 is 0 Å². The Kier molecular flexibility index (Phi) is 9.55. The third-order valence-corrected chi connectivity index (χ3v) is 4.80. The summed E-state index contributed by atoms with van der Waals surface area (Å²) in [6.45, 7) is 9.25. The van der Waals surface area contributed by atoms with Gasteiger partial charge in [0.1, 0.15) is 6.04 Å². The molecular weight excluding hydrogens is 376 g/mol. The van der Waals surface area contributed by atoms with E-state index >= 15 is 0 Å². The molecular formula is C25H34N2O3. The molecule has 0 aliphatic heterocycles. The van der Waals surface area contributed by atoms with Gasteiger partial charge in [-0.25, -0.2) is 0 Å². The molecule has 0 saturated heterocycles. The van der Waals surface area contributed by atoms with Gasteiger partial charge in [-0.2, -0.15) is 0 Å². The normalized spacial score (nSPS) is 12.1. The molecule has 2 aromatic rings. The summed E-state index contributed by atoms with van der Waals surface area (Å²) in [6, 6.07) is 17.4. The molecule has 2 aromatic carbocycles. The molecule has 5 heteroatoms. The third kappa shape index (κ3) is 7.99. The summed E-state index contributed by atoms with van der Waals surface area (Å²) in [4.78, 5) is 24.9. The van der Waals surface area contributed by atoms with Crippen LogP contribution in [-0.2, 0) is 34.1 Å². The number of benzene rings is 2. The average Bonchev–Trinajstić information content (AvgIpc) is 2.71. The average molecular weight is 411 g/mol. The summed E-state index contributed by atoms with van der Waals surface area (Å²) in [6.07, 6.45) is 0.415. The van der Waals surface area contributed by atoms with Gasteiger partial charge in [0.05, 0.1) is 13.2 Å². The lowest BCUT2D eigenvalue weighted by Crippen LogP contribution is -2.49. The van der Waals surface area contributed by atoms with Crippen LogP contribution in [0.1, 0.15) is 50.8 Å². The predicted octanol–water partition coefficient (Wildman–Crippen LogP) is 4.21. The molecule has 2 rings (SSSR count). The van der Waals surface area contributed by atoms with Crippen molar-refractivity contribution in [1.82, 2.24) is 10.6 Å². The van der Waals surface area contributed by atoms with Crippen molar-refractivity contribution in [3.63, 3.8) is 0 Å². The SMILES string of the molecule is CC(C)CC(=O)NC(C(=O)NCc1ccccc1COCc1ccccc1)C(C)C. The zero-order valence-corrected chi connectivity index (χ0v) is 18.5. The summed E-state index contributed by atoms with van der Waals surface area (Å²) in [5, 5.41) is 5.85. The van der Waals surface area contributed by atoms with Crippen LogP contribution >= 0.6 is 0 Å². The fourth-order valence-electron chi connectivity index (χ4n) is 3.15. The number of amides is 2. The minimum absolute atomic E-state index is 0.00515. The molecule has 0 aromatic heterocycles. The van der Waals surface area contributed by atoms with Crippen LogP contribution in [0.4, 0.5) is 0 Å². The van der Waals surface area contributed by atoms with Crippen LogP contribution in [0.3, 0.4) is 0 Å². The van der Waals surface area contributed by atoms with E-state index in [2.05, 4.69) is 10.6 Å². The summed E-state index contributed by atoms with van der Waals surface area (Å²) in [7, 11) is 0. The highest BCUT2D eigenvalue weighted by Gasteiger charge is 2.24. The maximum Gasteiger partial charge on any atom is 0.243 e. The highest BCUT2D eigenvalue weighted by atomic mass is 16.5. The molecule has 1 atom stereocenters. The number of nitrogens with one attached hydrogen (secondary N) is 2. The summed E-state index contributed by atoms with van der Waals surface area (Å²) < 4.78 is 5.86. The molecule has 0 aliphatic carbocycles. The first-order chi connectivity index (χ1) is 14.4. The molecule has 0 spiro atoms. The van der Waals surface area contributed by atoms with E-state index in [1.807, 2.05) is 82.3 Å². The number of carbonyl (C=O) groups is 2. The van der Waals surface area contributed by atoms with E-state index in [4.69, 9.17) is 4.74 Å². The molecule has 30 heavy (non-hydrogen) atoms. The van der Waals surface area contributed by atoms with Gasteiger partial charge in [-0.05, 0) is 28.5 Å². The topological polar surface area (TPSA) is 67.4 Å². The minimum Gasteiger partial charge on any atom is -0.372 e. The Morgan fingerprint density at radius 3 is 2.13 bits per heavy atom. The lowest BCUT2D eigenvalue weighted by Gasteiger charge is -2.22. The Bertz CT molecular complexity index is 803. The number of carbonyl (C=O) groups excluding carboxylic acids is 2. The second kappa shape index (κ2) is 12.1. The minimum atomic E-state index is -0.544. The summed E-state index contributed by atoms with van der Waals surface area (Å²) in [5.74, 6) is 0.00451. The molecule has 162 valence electrons. The zero-order chi connectivity index (χ0) is 21.9. The van der Waals surface area contributed by atoms with Gasteiger partial charge in [0.2, 0.25) is 11.8 Å². The van der Waals surface area contributed by atoms with Crippen molar-refractivity contribution in [2.75, 3.05) is 0 Å². The van der Waals surface area contributed by atoms with Crippen LogP contribution in [0.5, 0.6) is 0 Å². The molecule has 0 saturated carbocycles. The van der Waals surface area contributed by atoms with Crippen LogP contribution in [0.2, 0.25) is 0 Å². The third-order valence-electron chi connectivity index (χ3n) is 4.80. The molecule has 2 amide bonds.